The number of nitrogens with zero attached hydrogens (tertiary/aromatic N) is 1. The average molecular weight is 370 g/mol. The molecule has 1 aliphatic rings. The molecule has 1 fully saturated rings. The second kappa shape index (κ2) is 9.27. The zero-order chi connectivity index (χ0) is 15.2. The minimum Gasteiger partial charge on any atom is -0.312 e. The zero-order valence-electron chi connectivity index (χ0n) is 12.7. The smallest absolute Gasteiger partial charge is 0.227 e. The Morgan fingerprint density at radius 1 is 1.35 bits per heavy atom. The molecule has 124 valence electrons. The molecule has 7 heteroatoms. The second-order valence-electron chi connectivity index (χ2n) is 5.27. The van der Waals surface area contributed by atoms with Crippen molar-refractivity contribution in [1.82, 2.24) is 10.3 Å². The minimum atomic E-state index is 0. The van der Waals surface area contributed by atoms with Crippen molar-refractivity contribution in [3.05, 3.63) is 47.0 Å². The molecule has 2 N–H and O–H groups in total. The predicted molar refractivity (Wildman–Crippen MR) is 101 cm³/mol. The van der Waals surface area contributed by atoms with E-state index in [-0.39, 0.29) is 24.4 Å². The maximum Gasteiger partial charge on any atom is 0.227 e. The molecule has 1 saturated heterocycles. The Labute approximate surface area is 150 Å². The van der Waals surface area contributed by atoms with Gasteiger partial charge in [-0.25, -0.2) is 4.98 Å². The van der Waals surface area contributed by atoms with E-state index in [1.807, 2.05) is 36.2 Å². The average Bonchev–Trinajstić information content (AvgIpc) is 2.96. The quantitative estimate of drug-likeness (QED) is 0.849. The summed E-state index contributed by atoms with van der Waals surface area (Å²) >= 11 is 3.45. The van der Waals surface area contributed by atoms with Crippen LogP contribution in [0.15, 0.2) is 36.5 Å². The van der Waals surface area contributed by atoms with Crippen LogP contribution in [0.4, 0.5) is 5.13 Å². The van der Waals surface area contributed by atoms with E-state index in [0.29, 0.717) is 11.6 Å². The molecular formula is C16H20ClN3OS2. The molecule has 0 radical (unpaired) electrons. The van der Waals surface area contributed by atoms with E-state index >= 15 is 0 Å². The van der Waals surface area contributed by atoms with Gasteiger partial charge in [0.15, 0.2) is 5.13 Å². The molecule has 2 aromatic rings. The van der Waals surface area contributed by atoms with Gasteiger partial charge < -0.3 is 10.6 Å². The number of benzene rings is 1. The summed E-state index contributed by atoms with van der Waals surface area (Å²) in [5.74, 6) is 2.18. The normalized spacial score (nSPS) is 17.3. The topological polar surface area (TPSA) is 54.0 Å². The lowest BCUT2D eigenvalue weighted by atomic mass is 10.1. The SMILES string of the molecule is Cl.O=C(CC1CSCCN1)Nc1ncc(Cc2ccccc2)s1. The molecule has 1 atom stereocenters. The van der Waals surface area contributed by atoms with Crippen molar-refractivity contribution in [1.29, 1.82) is 0 Å². The van der Waals surface area contributed by atoms with Crippen LogP contribution in [0.3, 0.4) is 0 Å². The van der Waals surface area contributed by atoms with Crippen molar-refractivity contribution in [3.8, 4) is 0 Å². The number of halogens is 1. The van der Waals surface area contributed by atoms with Crippen LogP contribution in [0.1, 0.15) is 16.9 Å². The molecular weight excluding hydrogens is 350 g/mol. The predicted octanol–water partition coefficient (Wildman–Crippen LogP) is 3.19. The first-order valence-corrected chi connectivity index (χ1v) is 9.36. The molecule has 1 amide bonds. The molecule has 1 aliphatic heterocycles. The largest absolute Gasteiger partial charge is 0.312 e. The molecule has 0 saturated carbocycles. The number of hydrogen-bond acceptors (Lipinski definition) is 5. The zero-order valence-corrected chi connectivity index (χ0v) is 15.1. The summed E-state index contributed by atoms with van der Waals surface area (Å²) in [6.45, 7) is 0.987. The van der Waals surface area contributed by atoms with Crippen LogP contribution in [0.25, 0.3) is 0 Å². The van der Waals surface area contributed by atoms with Crippen molar-refractivity contribution in [2.24, 2.45) is 0 Å². The first kappa shape index (κ1) is 18.3. The second-order valence-corrected chi connectivity index (χ2v) is 7.54. The summed E-state index contributed by atoms with van der Waals surface area (Å²) in [6, 6.07) is 10.6. The van der Waals surface area contributed by atoms with Crippen molar-refractivity contribution < 1.29 is 4.79 Å². The standard InChI is InChI=1S/C16H19N3OS2.ClH/c20-15(9-13-11-21-7-6-17-13)19-16-18-10-14(22-16)8-12-4-2-1-3-5-12;/h1-5,10,13,17H,6-9,11H2,(H,18,19,20);1H. The third-order valence-electron chi connectivity index (χ3n) is 3.45. The number of carbonyl (C=O) groups excluding carboxylic acids is 1. The Bertz CT molecular complexity index is 615. The maximum absolute atomic E-state index is 12.1. The summed E-state index contributed by atoms with van der Waals surface area (Å²) in [5.41, 5.74) is 1.26. The third kappa shape index (κ3) is 5.80. The van der Waals surface area contributed by atoms with Crippen LogP contribution in [0.5, 0.6) is 0 Å². The Morgan fingerprint density at radius 3 is 2.91 bits per heavy atom. The monoisotopic (exact) mass is 369 g/mol. The fourth-order valence-electron chi connectivity index (χ4n) is 2.39. The molecule has 1 unspecified atom stereocenters. The molecule has 0 bridgehead atoms. The number of aromatic nitrogens is 1. The van der Waals surface area contributed by atoms with Gasteiger partial charge in [-0.3, -0.25) is 4.79 Å². The van der Waals surface area contributed by atoms with Crippen LogP contribution in [-0.2, 0) is 11.2 Å². The van der Waals surface area contributed by atoms with E-state index in [2.05, 4.69) is 27.8 Å². The molecule has 1 aromatic heterocycles. The van der Waals surface area contributed by atoms with Gasteiger partial charge in [0.05, 0.1) is 0 Å². The summed E-state index contributed by atoms with van der Waals surface area (Å²) in [4.78, 5) is 17.5. The molecule has 3 rings (SSSR count). The lowest BCUT2D eigenvalue weighted by molar-refractivity contribution is -0.116. The number of rotatable bonds is 5. The molecule has 0 aliphatic carbocycles. The highest BCUT2D eigenvalue weighted by Crippen LogP contribution is 2.21. The fraction of sp³-hybridized carbons (Fsp3) is 0.375. The number of hydrogen-bond donors (Lipinski definition) is 2. The molecule has 2 heterocycles. The van der Waals surface area contributed by atoms with Crippen LogP contribution in [0, 0.1) is 0 Å². The van der Waals surface area contributed by atoms with Gasteiger partial charge in [0.25, 0.3) is 0 Å². The Balaban J connectivity index is 0.00000192. The highest BCUT2D eigenvalue weighted by molar-refractivity contribution is 7.99. The van der Waals surface area contributed by atoms with Gasteiger partial charge in [-0.2, -0.15) is 11.8 Å². The Hall–Kier alpha value is -1.08. The molecule has 4 nitrogen and oxygen atoms in total. The highest BCUT2D eigenvalue weighted by atomic mass is 35.5. The maximum atomic E-state index is 12.1. The van der Waals surface area contributed by atoms with E-state index in [1.165, 1.54) is 5.56 Å². The van der Waals surface area contributed by atoms with E-state index in [4.69, 9.17) is 0 Å². The number of anilines is 1. The van der Waals surface area contributed by atoms with Gasteiger partial charge >= 0.3 is 0 Å². The van der Waals surface area contributed by atoms with Crippen molar-refractivity contribution in [2.45, 2.75) is 18.9 Å². The van der Waals surface area contributed by atoms with Crippen LogP contribution < -0.4 is 10.6 Å². The van der Waals surface area contributed by atoms with Crippen LogP contribution in [-0.4, -0.2) is 35.0 Å². The number of nitrogens with one attached hydrogen (secondary N) is 2. The summed E-state index contributed by atoms with van der Waals surface area (Å²) < 4.78 is 0. The lowest BCUT2D eigenvalue weighted by Gasteiger charge is -2.22. The van der Waals surface area contributed by atoms with E-state index < -0.39 is 0 Å². The van der Waals surface area contributed by atoms with Crippen molar-refractivity contribution in [3.63, 3.8) is 0 Å². The first-order chi connectivity index (χ1) is 10.8. The number of amides is 1. The van der Waals surface area contributed by atoms with Gasteiger partial charge in [-0.1, -0.05) is 30.3 Å². The van der Waals surface area contributed by atoms with Gasteiger partial charge in [-0.15, -0.1) is 23.7 Å². The fourth-order valence-corrected chi connectivity index (χ4v) is 4.20. The van der Waals surface area contributed by atoms with Gasteiger partial charge in [0, 0.05) is 48.0 Å². The summed E-state index contributed by atoms with van der Waals surface area (Å²) in [6.07, 6.45) is 3.22. The third-order valence-corrected chi connectivity index (χ3v) is 5.49. The molecule has 1 aromatic carbocycles. The van der Waals surface area contributed by atoms with Crippen LogP contribution >= 0.6 is 35.5 Å². The summed E-state index contributed by atoms with van der Waals surface area (Å²) in [5, 5.41) is 6.98. The molecule has 23 heavy (non-hydrogen) atoms. The Morgan fingerprint density at radius 2 is 2.17 bits per heavy atom. The number of thioether (sulfide) groups is 1. The van der Waals surface area contributed by atoms with E-state index in [0.717, 1.165) is 29.3 Å². The van der Waals surface area contributed by atoms with Crippen LogP contribution in [0.2, 0.25) is 0 Å². The lowest BCUT2D eigenvalue weighted by Crippen LogP contribution is -2.39. The van der Waals surface area contributed by atoms with E-state index in [1.54, 1.807) is 11.3 Å². The Kier molecular flexibility index (Phi) is 7.36. The summed E-state index contributed by atoms with van der Waals surface area (Å²) in [7, 11) is 0. The number of thiazole rings is 1. The van der Waals surface area contributed by atoms with Crippen molar-refractivity contribution in [2.75, 3.05) is 23.4 Å². The molecule has 0 spiro atoms. The van der Waals surface area contributed by atoms with Crippen molar-refractivity contribution >= 4 is 46.5 Å². The van der Waals surface area contributed by atoms with Gasteiger partial charge in [-0.05, 0) is 5.56 Å². The van der Waals surface area contributed by atoms with Gasteiger partial charge in [0.1, 0.15) is 0 Å². The highest BCUT2D eigenvalue weighted by Gasteiger charge is 2.17. The minimum absolute atomic E-state index is 0. The van der Waals surface area contributed by atoms with Gasteiger partial charge in [0.2, 0.25) is 5.91 Å². The van der Waals surface area contributed by atoms with E-state index in [9.17, 15) is 4.79 Å². The number of carbonyl (C=O) groups is 1. The first-order valence-electron chi connectivity index (χ1n) is 7.39.